The molecule has 132 valence electrons. The monoisotopic (exact) mass is 367 g/mol. The van der Waals surface area contributed by atoms with Crippen LogP contribution in [0.3, 0.4) is 0 Å². The number of thiazole rings is 1. The third kappa shape index (κ3) is 2.99. The summed E-state index contributed by atoms with van der Waals surface area (Å²) < 4.78 is 7.38. The molecule has 0 unspecified atom stereocenters. The van der Waals surface area contributed by atoms with Crippen molar-refractivity contribution in [1.29, 1.82) is 0 Å². The van der Waals surface area contributed by atoms with Gasteiger partial charge < -0.3 is 4.42 Å². The maximum atomic E-state index is 12.5. The Morgan fingerprint density at radius 1 is 1.31 bits per heavy atom. The standard InChI is InChI=1S/C18H17N5O2S/c1-10(2)23-16-12(8-20-23)6-13(7-19-16)17(24)22-18-21-14(9-26-18)15-5-4-11(3)25-15/h4-10H,1-3H3,(H,21,22,24). The molecule has 1 N–H and O–H groups in total. The summed E-state index contributed by atoms with van der Waals surface area (Å²) in [6, 6.07) is 5.73. The molecular formula is C18H17N5O2S. The second-order valence-electron chi connectivity index (χ2n) is 6.22. The van der Waals surface area contributed by atoms with Crippen molar-refractivity contribution in [3.05, 3.63) is 47.3 Å². The molecule has 0 aromatic carbocycles. The van der Waals surface area contributed by atoms with Gasteiger partial charge in [0, 0.05) is 23.0 Å². The zero-order valence-corrected chi connectivity index (χ0v) is 15.4. The number of carbonyl (C=O) groups is 1. The van der Waals surface area contributed by atoms with E-state index in [-0.39, 0.29) is 11.9 Å². The Labute approximate surface area is 153 Å². The van der Waals surface area contributed by atoms with Crippen molar-refractivity contribution in [1.82, 2.24) is 19.7 Å². The summed E-state index contributed by atoms with van der Waals surface area (Å²) in [6.45, 7) is 5.95. The zero-order valence-electron chi connectivity index (χ0n) is 14.6. The maximum absolute atomic E-state index is 12.5. The van der Waals surface area contributed by atoms with E-state index in [9.17, 15) is 4.79 Å². The van der Waals surface area contributed by atoms with Gasteiger partial charge in [0.2, 0.25) is 0 Å². The van der Waals surface area contributed by atoms with Gasteiger partial charge in [-0.15, -0.1) is 11.3 Å². The Morgan fingerprint density at radius 3 is 2.88 bits per heavy atom. The third-order valence-electron chi connectivity index (χ3n) is 3.90. The van der Waals surface area contributed by atoms with Crippen molar-refractivity contribution in [3.63, 3.8) is 0 Å². The van der Waals surface area contributed by atoms with Gasteiger partial charge in [-0.25, -0.2) is 14.6 Å². The molecule has 4 aromatic heterocycles. The van der Waals surface area contributed by atoms with Gasteiger partial charge >= 0.3 is 0 Å². The molecule has 0 aliphatic rings. The van der Waals surface area contributed by atoms with Gasteiger partial charge in [0.25, 0.3) is 5.91 Å². The van der Waals surface area contributed by atoms with Gasteiger partial charge in [-0.3, -0.25) is 10.1 Å². The molecule has 0 fully saturated rings. The molecule has 0 saturated carbocycles. The van der Waals surface area contributed by atoms with Crippen LogP contribution in [0.4, 0.5) is 5.13 Å². The number of fused-ring (bicyclic) bond motifs is 1. The average molecular weight is 367 g/mol. The predicted octanol–water partition coefficient (Wildman–Crippen LogP) is 4.29. The van der Waals surface area contributed by atoms with Gasteiger partial charge in [0.1, 0.15) is 11.5 Å². The van der Waals surface area contributed by atoms with E-state index in [1.165, 1.54) is 11.3 Å². The summed E-state index contributed by atoms with van der Waals surface area (Å²) in [5, 5.41) is 10.3. The van der Waals surface area contributed by atoms with Crippen molar-refractivity contribution in [3.8, 4) is 11.5 Å². The summed E-state index contributed by atoms with van der Waals surface area (Å²) in [7, 11) is 0. The highest BCUT2D eigenvalue weighted by Gasteiger charge is 2.14. The van der Waals surface area contributed by atoms with E-state index in [2.05, 4.69) is 20.4 Å². The lowest BCUT2D eigenvalue weighted by atomic mass is 10.2. The van der Waals surface area contributed by atoms with Gasteiger partial charge in [-0.1, -0.05) is 0 Å². The van der Waals surface area contributed by atoms with Crippen molar-refractivity contribution in [2.45, 2.75) is 26.8 Å². The first-order valence-corrected chi connectivity index (χ1v) is 9.06. The number of hydrogen-bond donors (Lipinski definition) is 1. The molecule has 1 amide bonds. The van der Waals surface area contributed by atoms with Crippen molar-refractivity contribution >= 4 is 33.4 Å². The number of furan rings is 1. The minimum absolute atomic E-state index is 0.207. The molecule has 0 saturated heterocycles. The fraction of sp³-hybridized carbons (Fsp3) is 0.222. The fourth-order valence-electron chi connectivity index (χ4n) is 2.63. The minimum Gasteiger partial charge on any atom is -0.460 e. The quantitative estimate of drug-likeness (QED) is 0.581. The summed E-state index contributed by atoms with van der Waals surface area (Å²) in [6.07, 6.45) is 3.28. The molecule has 4 rings (SSSR count). The van der Waals surface area contributed by atoms with E-state index in [1.807, 2.05) is 43.0 Å². The number of pyridine rings is 1. The Kier molecular flexibility index (Phi) is 4.04. The first-order valence-electron chi connectivity index (χ1n) is 8.18. The number of carbonyl (C=O) groups excluding carboxylic acids is 1. The van der Waals surface area contributed by atoms with Crippen molar-refractivity contribution in [2.75, 3.05) is 5.32 Å². The highest BCUT2D eigenvalue weighted by molar-refractivity contribution is 7.14. The molecular weight excluding hydrogens is 350 g/mol. The van der Waals surface area contributed by atoms with Gasteiger partial charge in [0.15, 0.2) is 16.5 Å². The molecule has 0 radical (unpaired) electrons. The van der Waals surface area contributed by atoms with E-state index < -0.39 is 0 Å². The van der Waals surface area contributed by atoms with E-state index in [0.717, 1.165) is 16.8 Å². The topological polar surface area (TPSA) is 85.8 Å². The highest BCUT2D eigenvalue weighted by Crippen LogP contribution is 2.27. The number of anilines is 1. The Bertz CT molecular complexity index is 1090. The lowest BCUT2D eigenvalue weighted by Crippen LogP contribution is -2.12. The largest absolute Gasteiger partial charge is 0.460 e. The molecule has 0 aliphatic heterocycles. The van der Waals surface area contributed by atoms with Gasteiger partial charge in [-0.05, 0) is 39.0 Å². The Morgan fingerprint density at radius 2 is 2.15 bits per heavy atom. The number of rotatable bonds is 4. The van der Waals surface area contributed by atoms with E-state index >= 15 is 0 Å². The minimum atomic E-state index is -0.256. The summed E-state index contributed by atoms with van der Waals surface area (Å²) in [4.78, 5) is 21.3. The molecule has 4 heterocycles. The number of hydrogen-bond acceptors (Lipinski definition) is 6. The summed E-state index contributed by atoms with van der Waals surface area (Å²) in [5.41, 5.74) is 1.93. The van der Waals surface area contributed by atoms with Crippen LogP contribution < -0.4 is 5.32 Å². The Hall–Kier alpha value is -3.00. The van der Waals surface area contributed by atoms with Crippen LogP contribution in [0, 0.1) is 6.92 Å². The normalized spacial score (nSPS) is 11.4. The van der Waals surface area contributed by atoms with Crippen molar-refractivity contribution < 1.29 is 9.21 Å². The van der Waals surface area contributed by atoms with Crippen LogP contribution in [0.2, 0.25) is 0 Å². The van der Waals surface area contributed by atoms with Gasteiger partial charge in [0.05, 0.1) is 11.8 Å². The van der Waals surface area contributed by atoms with Crippen LogP contribution in [0.15, 0.2) is 40.4 Å². The summed E-state index contributed by atoms with van der Waals surface area (Å²) >= 11 is 1.35. The number of nitrogens with zero attached hydrogens (tertiary/aromatic N) is 4. The van der Waals surface area contributed by atoms with Gasteiger partial charge in [-0.2, -0.15) is 5.10 Å². The zero-order chi connectivity index (χ0) is 18.3. The highest BCUT2D eigenvalue weighted by atomic mass is 32.1. The second kappa shape index (κ2) is 6.38. The van der Waals surface area contributed by atoms with Crippen LogP contribution in [0.5, 0.6) is 0 Å². The smallest absolute Gasteiger partial charge is 0.259 e. The van der Waals surface area contributed by atoms with Crippen LogP contribution in [0.1, 0.15) is 36.0 Å². The predicted molar refractivity (Wildman–Crippen MR) is 100 cm³/mol. The molecule has 7 nitrogen and oxygen atoms in total. The van der Waals surface area contributed by atoms with E-state index in [0.29, 0.717) is 22.1 Å². The lowest BCUT2D eigenvalue weighted by molar-refractivity contribution is 0.102. The van der Waals surface area contributed by atoms with Crippen LogP contribution in [-0.2, 0) is 0 Å². The molecule has 0 atom stereocenters. The van der Waals surface area contributed by atoms with E-state index in [4.69, 9.17) is 4.42 Å². The maximum Gasteiger partial charge on any atom is 0.259 e. The average Bonchev–Trinajstić information content (AvgIpc) is 3.32. The number of aromatic nitrogens is 4. The van der Waals surface area contributed by atoms with E-state index in [1.54, 1.807) is 18.5 Å². The number of nitrogens with one attached hydrogen (secondary N) is 1. The molecule has 4 aromatic rings. The second-order valence-corrected chi connectivity index (χ2v) is 7.08. The summed E-state index contributed by atoms with van der Waals surface area (Å²) in [5.74, 6) is 1.25. The van der Waals surface area contributed by atoms with Crippen LogP contribution in [0.25, 0.3) is 22.5 Å². The SMILES string of the molecule is Cc1ccc(-c2csc(NC(=O)c3cnc4c(cnn4C(C)C)c3)n2)o1. The van der Waals surface area contributed by atoms with Crippen molar-refractivity contribution in [2.24, 2.45) is 0 Å². The molecule has 0 aliphatic carbocycles. The van der Waals surface area contributed by atoms with Crippen LogP contribution >= 0.6 is 11.3 Å². The Balaban J connectivity index is 1.55. The molecule has 0 bridgehead atoms. The first-order chi connectivity index (χ1) is 12.5. The number of amides is 1. The fourth-order valence-corrected chi connectivity index (χ4v) is 3.32. The first kappa shape index (κ1) is 16.5. The molecule has 0 spiro atoms. The number of aryl methyl sites for hydroxylation is 1. The molecule has 8 heteroatoms. The molecule has 26 heavy (non-hydrogen) atoms. The lowest BCUT2D eigenvalue weighted by Gasteiger charge is -2.06. The third-order valence-corrected chi connectivity index (χ3v) is 4.66. The van der Waals surface area contributed by atoms with Crippen LogP contribution in [-0.4, -0.2) is 25.7 Å².